The number of carbonyl (C=O) groups excluding carboxylic acids is 1. The number of rotatable bonds is 4. The fourth-order valence-corrected chi connectivity index (χ4v) is 2.12. The summed E-state index contributed by atoms with van der Waals surface area (Å²) >= 11 is 0. The van der Waals surface area contributed by atoms with Crippen LogP contribution in [0.4, 0.5) is 0 Å². The average Bonchev–Trinajstić information content (AvgIpc) is 2.54. The van der Waals surface area contributed by atoms with E-state index in [2.05, 4.69) is 18.4 Å². The number of carbonyl (C=O) groups is 1. The van der Waals surface area contributed by atoms with Crippen molar-refractivity contribution >= 4 is 5.91 Å². The molecule has 0 radical (unpaired) electrons. The lowest BCUT2D eigenvalue weighted by Crippen LogP contribution is -2.42. The Morgan fingerprint density at radius 3 is 2.59 bits per heavy atom. The molecule has 0 N–H and O–H groups in total. The molecule has 0 aromatic carbocycles. The first kappa shape index (κ1) is 14.2. The maximum atomic E-state index is 12.4. The minimum Gasteiger partial charge on any atom is -0.341 e. The molecule has 1 fully saturated rings. The topological polar surface area (TPSA) is 23.6 Å². The van der Waals surface area contributed by atoms with Crippen molar-refractivity contribution in [3.8, 4) is 0 Å². The zero-order valence-electron chi connectivity index (χ0n) is 11.5. The Bertz CT molecular complexity index is 273. The van der Waals surface area contributed by atoms with E-state index in [4.69, 9.17) is 0 Å². The molecule has 0 saturated carbocycles. The molecule has 3 heteroatoms. The van der Waals surface area contributed by atoms with Gasteiger partial charge in [-0.1, -0.05) is 26.8 Å². The second kappa shape index (κ2) is 6.20. The second-order valence-corrected chi connectivity index (χ2v) is 5.47. The van der Waals surface area contributed by atoms with Gasteiger partial charge in [0.15, 0.2) is 0 Å². The van der Waals surface area contributed by atoms with Crippen molar-refractivity contribution in [3.63, 3.8) is 0 Å². The Kier molecular flexibility index (Phi) is 5.19. The lowest BCUT2D eigenvalue weighted by molar-refractivity contribution is -0.140. The predicted octanol–water partition coefficient (Wildman–Crippen LogP) is 2.14. The molecular formula is C14H26N2O. The number of nitrogens with zero attached hydrogens (tertiary/aromatic N) is 2. The molecule has 1 heterocycles. The van der Waals surface area contributed by atoms with E-state index in [0.717, 1.165) is 45.6 Å². The van der Waals surface area contributed by atoms with Gasteiger partial charge in [-0.3, -0.25) is 9.69 Å². The van der Waals surface area contributed by atoms with Gasteiger partial charge in [0.05, 0.1) is 0 Å². The maximum Gasteiger partial charge on any atom is 0.228 e. The fraction of sp³-hybridized carbons (Fsp3) is 0.786. The summed E-state index contributed by atoms with van der Waals surface area (Å²) in [5.41, 5.74) is -0.215. The minimum absolute atomic E-state index is 0.215. The summed E-state index contributed by atoms with van der Waals surface area (Å²) in [6, 6.07) is 0. The van der Waals surface area contributed by atoms with Crippen LogP contribution in [0.2, 0.25) is 0 Å². The van der Waals surface area contributed by atoms with Crippen LogP contribution >= 0.6 is 0 Å². The van der Waals surface area contributed by atoms with Gasteiger partial charge in [-0.05, 0) is 12.8 Å². The Morgan fingerprint density at radius 2 is 2.00 bits per heavy atom. The van der Waals surface area contributed by atoms with Crippen molar-refractivity contribution in [2.45, 2.75) is 33.6 Å². The third-order valence-corrected chi connectivity index (χ3v) is 3.73. The molecule has 17 heavy (non-hydrogen) atoms. The molecule has 0 aliphatic carbocycles. The molecule has 3 nitrogen and oxygen atoms in total. The predicted molar refractivity (Wildman–Crippen MR) is 71.9 cm³/mol. The molecule has 0 bridgehead atoms. The Morgan fingerprint density at radius 1 is 1.29 bits per heavy atom. The highest BCUT2D eigenvalue weighted by atomic mass is 16.2. The summed E-state index contributed by atoms with van der Waals surface area (Å²) in [6.07, 6.45) is 3.91. The second-order valence-electron chi connectivity index (χ2n) is 5.47. The highest BCUT2D eigenvalue weighted by Gasteiger charge is 2.30. The van der Waals surface area contributed by atoms with Crippen molar-refractivity contribution in [1.82, 2.24) is 9.80 Å². The smallest absolute Gasteiger partial charge is 0.228 e. The van der Waals surface area contributed by atoms with Crippen LogP contribution in [-0.2, 0) is 4.79 Å². The maximum absolute atomic E-state index is 12.4. The summed E-state index contributed by atoms with van der Waals surface area (Å²) in [6.45, 7) is 14.7. The molecule has 0 aromatic heterocycles. The number of hydrogen-bond acceptors (Lipinski definition) is 2. The van der Waals surface area contributed by atoms with Crippen LogP contribution in [0, 0.1) is 5.41 Å². The van der Waals surface area contributed by atoms with Crippen molar-refractivity contribution in [1.29, 1.82) is 0 Å². The lowest BCUT2D eigenvalue weighted by atomic mass is 9.88. The first-order chi connectivity index (χ1) is 8.01. The normalized spacial score (nSPS) is 18.9. The van der Waals surface area contributed by atoms with Crippen molar-refractivity contribution in [3.05, 3.63) is 12.7 Å². The third-order valence-electron chi connectivity index (χ3n) is 3.73. The van der Waals surface area contributed by atoms with Gasteiger partial charge in [0, 0.05) is 38.1 Å². The average molecular weight is 238 g/mol. The summed E-state index contributed by atoms with van der Waals surface area (Å²) in [5, 5.41) is 0. The summed E-state index contributed by atoms with van der Waals surface area (Å²) < 4.78 is 0. The first-order valence-corrected chi connectivity index (χ1v) is 6.64. The summed E-state index contributed by atoms with van der Waals surface area (Å²) in [4.78, 5) is 16.8. The number of amides is 1. The highest BCUT2D eigenvalue weighted by Crippen LogP contribution is 2.23. The van der Waals surface area contributed by atoms with Gasteiger partial charge in [0.2, 0.25) is 5.91 Å². The molecule has 1 aliphatic heterocycles. The van der Waals surface area contributed by atoms with Crippen molar-refractivity contribution < 1.29 is 4.79 Å². The van der Waals surface area contributed by atoms with Gasteiger partial charge in [0.25, 0.3) is 0 Å². The van der Waals surface area contributed by atoms with Crippen LogP contribution in [0.1, 0.15) is 33.6 Å². The molecule has 1 rings (SSSR count). The molecule has 0 aromatic rings. The SMILES string of the molecule is C=CCN1CCCN(C(=O)C(C)(C)CC)CC1. The van der Waals surface area contributed by atoms with E-state index in [0.29, 0.717) is 5.91 Å². The van der Waals surface area contributed by atoms with Crippen LogP contribution < -0.4 is 0 Å². The van der Waals surface area contributed by atoms with E-state index in [1.165, 1.54) is 0 Å². The standard InChI is InChI=1S/C14H26N2O/c1-5-8-15-9-7-10-16(12-11-15)13(17)14(3,4)6-2/h5H,1,6-12H2,2-4H3. The van der Waals surface area contributed by atoms with Crippen molar-refractivity contribution in [2.75, 3.05) is 32.7 Å². The highest BCUT2D eigenvalue weighted by molar-refractivity contribution is 5.81. The quantitative estimate of drug-likeness (QED) is 0.701. The Hall–Kier alpha value is -0.830. The summed E-state index contributed by atoms with van der Waals surface area (Å²) in [5.74, 6) is 0.306. The van der Waals surface area contributed by atoms with Crippen LogP contribution in [0.3, 0.4) is 0 Å². The molecule has 0 spiro atoms. The van der Waals surface area contributed by atoms with Gasteiger partial charge in [-0.15, -0.1) is 6.58 Å². The van der Waals surface area contributed by atoms with Crippen molar-refractivity contribution in [2.24, 2.45) is 5.41 Å². The van der Waals surface area contributed by atoms with E-state index in [-0.39, 0.29) is 5.41 Å². The van der Waals surface area contributed by atoms with Crippen LogP contribution in [0.25, 0.3) is 0 Å². The first-order valence-electron chi connectivity index (χ1n) is 6.64. The van der Waals surface area contributed by atoms with Gasteiger partial charge >= 0.3 is 0 Å². The van der Waals surface area contributed by atoms with E-state index >= 15 is 0 Å². The van der Waals surface area contributed by atoms with Gasteiger partial charge in [-0.2, -0.15) is 0 Å². The fourth-order valence-electron chi connectivity index (χ4n) is 2.12. The zero-order chi connectivity index (χ0) is 12.9. The van der Waals surface area contributed by atoms with Crippen LogP contribution in [0.15, 0.2) is 12.7 Å². The molecule has 1 aliphatic rings. The minimum atomic E-state index is -0.215. The van der Waals surface area contributed by atoms with Gasteiger partial charge in [0.1, 0.15) is 0 Å². The largest absolute Gasteiger partial charge is 0.341 e. The third kappa shape index (κ3) is 3.84. The Balaban J connectivity index is 2.56. The Labute approximate surface area is 105 Å². The molecular weight excluding hydrogens is 212 g/mol. The van der Waals surface area contributed by atoms with Crippen LogP contribution in [-0.4, -0.2) is 48.4 Å². The molecule has 1 saturated heterocycles. The van der Waals surface area contributed by atoms with Gasteiger partial charge < -0.3 is 4.90 Å². The molecule has 1 amide bonds. The molecule has 0 atom stereocenters. The van der Waals surface area contributed by atoms with E-state index in [1.54, 1.807) is 0 Å². The zero-order valence-corrected chi connectivity index (χ0v) is 11.5. The molecule has 0 unspecified atom stereocenters. The van der Waals surface area contributed by atoms with E-state index in [9.17, 15) is 4.79 Å². The monoisotopic (exact) mass is 238 g/mol. The number of hydrogen-bond donors (Lipinski definition) is 0. The lowest BCUT2D eigenvalue weighted by Gasteiger charge is -2.30. The summed E-state index contributed by atoms with van der Waals surface area (Å²) in [7, 11) is 0. The van der Waals surface area contributed by atoms with E-state index in [1.807, 2.05) is 24.8 Å². The molecule has 98 valence electrons. The van der Waals surface area contributed by atoms with E-state index < -0.39 is 0 Å². The van der Waals surface area contributed by atoms with Crippen LogP contribution in [0.5, 0.6) is 0 Å². The van der Waals surface area contributed by atoms with Gasteiger partial charge in [-0.25, -0.2) is 0 Å².